The molecule has 7 nitrogen and oxygen atoms in total. The van der Waals surface area contributed by atoms with Gasteiger partial charge in [-0.15, -0.1) is 0 Å². The Morgan fingerprint density at radius 3 is 2.56 bits per heavy atom. The molecule has 1 aromatic carbocycles. The Labute approximate surface area is 187 Å². The van der Waals surface area contributed by atoms with Crippen molar-refractivity contribution in [1.29, 1.82) is 0 Å². The number of likely N-dealkylation sites (tertiary alicyclic amines) is 1. The van der Waals surface area contributed by atoms with E-state index in [9.17, 15) is 18.8 Å². The van der Waals surface area contributed by atoms with Gasteiger partial charge in [0.15, 0.2) is 0 Å². The molecule has 2 amide bonds. The quantitative estimate of drug-likeness (QED) is 0.669. The highest BCUT2D eigenvalue weighted by Gasteiger charge is 2.32. The van der Waals surface area contributed by atoms with Crippen molar-refractivity contribution in [1.82, 2.24) is 15.2 Å². The first-order valence-corrected chi connectivity index (χ1v) is 10.9. The van der Waals surface area contributed by atoms with E-state index < -0.39 is 5.97 Å². The molecular formula is C24H30FN3O4. The van der Waals surface area contributed by atoms with Gasteiger partial charge in [0.05, 0.1) is 17.6 Å². The number of aromatic nitrogens is 1. The number of halogens is 1. The highest BCUT2D eigenvalue weighted by Crippen LogP contribution is 2.24. The SMILES string of the molecule is Cc1[nH]c(C(=O)N2CCC[C@H](C(=O)NCc3ccc(F)cc3)C2)c(C)c1C(=O)OC(C)C. The van der Waals surface area contributed by atoms with Gasteiger partial charge in [-0.25, -0.2) is 9.18 Å². The highest BCUT2D eigenvalue weighted by molar-refractivity contribution is 6.00. The topological polar surface area (TPSA) is 91.5 Å². The number of aromatic amines is 1. The molecular weight excluding hydrogens is 413 g/mol. The predicted molar refractivity (Wildman–Crippen MR) is 118 cm³/mol. The summed E-state index contributed by atoms with van der Waals surface area (Å²) in [6.07, 6.45) is 1.14. The van der Waals surface area contributed by atoms with E-state index in [4.69, 9.17) is 4.74 Å². The van der Waals surface area contributed by atoms with Gasteiger partial charge in [-0.05, 0) is 63.8 Å². The lowest BCUT2D eigenvalue weighted by Gasteiger charge is -2.32. The maximum Gasteiger partial charge on any atom is 0.340 e. The standard InChI is InChI=1S/C24H30FN3O4/c1-14(2)32-24(31)20-15(3)21(27-16(20)4)23(30)28-11-5-6-18(13-28)22(29)26-12-17-7-9-19(25)10-8-17/h7-10,14,18,27H,5-6,11-13H2,1-4H3,(H,26,29)/t18-/m0/s1. The Morgan fingerprint density at radius 2 is 1.91 bits per heavy atom. The molecule has 1 aliphatic heterocycles. The van der Waals surface area contributed by atoms with Crippen LogP contribution in [0.2, 0.25) is 0 Å². The van der Waals surface area contributed by atoms with Crippen LogP contribution < -0.4 is 5.32 Å². The van der Waals surface area contributed by atoms with E-state index >= 15 is 0 Å². The first-order chi connectivity index (χ1) is 15.2. The molecule has 0 bridgehead atoms. The number of piperidine rings is 1. The zero-order valence-corrected chi connectivity index (χ0v) is 19.0. The zero-order valence-electron chi connectivity index (χ0n) is 19.0. The molecule has 8 heteroatoms. The number of benzene rings is 1. The molecule has 1 aromatic heterocycles. The van der Waals surface area contributed by atoms with Crippen molar-refractivity contribution in [2.45, 2.75) is 53.2 Å². The number of esters is 1. The van der Waals surface area contributed by atoms with Crippen LogP contribution in [-0.4, -0.2) is 46.9 Å². The maximum absolute atomic E-state index is 13.2. The van der Waals surface area contributed by atoms with E-state index in [2.05, 4.69) is 10.3 Å². The molecule has 32 heavy (non-hydrogen) atoms. The average molecular weight is 444 g/mol. The lowest BCUT2D eigenvalue weighted by Crippen LogP contribution is -2.45. The van der Waals surface area contributed by atoms with Gasteiger partial charge in [0.25, 0.3) is 5.91 Å². The van der Waals surface area contributed by atoms with Gasteiger partial charge in [-0.1, -0.05) is 12.1 Å². The second-order valence-corrected chi connectivity index (χ2v) is 8.51. The summed E-state index contributed by atoms with van der Waals surface area (Å²) in [6, 6.07) is 5.97. The lowest BCUT2D eigenvalue weighted by atomic mass is 9.96. The van der Waals surface area contributed by atoms with Gasteiger partial charge in [0.2, 0.25) is 5.91 Å². The minimum Gasteiger partial charge on any atom is -0.459 e. The molecule has 3 rings (SSSR count). The molecule has 0 unspecified atom stereocenters. The summed E-state index contributed by atoms with van der Waals surface area (Å²) in [5, 5.41) is 2.88. The second-order valence-electron chi connectivity index (χ2n) is 8.51. The Bertz CT molecular complexity index is 997. The molecule has 1 aliphatic rings. The number of ether oxygens (including phenoxy) is 1. The van der Waals surface area contributed by atoms with Crippen LogP contribution >= 0.6 is 0 Å². The summed E-state index contributed by atoms with van der Waals surface area (Å²) in [7, 11) is 0. The minimum atomic E-state index is -0.456. The van der Waals surface area contributed by atoms with Gasteiger partial charge in [0.1, 0.15) is 11.5 Å². The van der Waals surface area contributed by atoms with Crippen molar-refractivity contribution in [2.24, 2.45) is 5.92 Å². The van der Waals surface area contributed by atoms with E-state index in [0.717, 1.165) is 5.56 Å². The molecule has 0 aliphatic carbocycles. The largest absolute Gasteiger partial charge is 0.459 e. The third-order valence-electron chi connectivity index (χ3n) is 5.66. The van der Waals surface area contributed by atoms with Crippen LogP contribution in [0.15, 0.2) is 24.3 Å². The molecule has 1 atom stereocenters. The van der Waals surface area contributed by atoms with Crippen molar-refractivity contribution < 1.29 is 23.5 Å². The van der Waals surface area contributed by atoms with Gasteiger partial charge in [-0.3, -0.25) is 9.59 Å². The van der Waals surface area contributed by atoms with Crippen LogP contribution in [-0.2, 0) is 16.1 Å². The Morgan fingerprint density at radius 1 is 1.22 bits per heavy atom. The number of carbonyl (C=O) groups excluding carboxylic acids is 3. The minimum absolute atomic E-state index is 0.132. The van der Waals surface area contributed by atoms with Gasteiger partial charge in [-0.2, -0.15) is 0 Å². The van der Waals surface area contributed by atoms with Gasteiger partial charge >= 0.3 is 5.97 Å². The fourth-order valence-electron chi connectivity index (χ4n) is 4.01. The molecule has 0 saturated carbocycles. The van der Waals surface area contributed by atoms with Gasteiger partial charge < -0.3 is 19.9 Å². The van der Waals surface area contributed by atoms with Crippen molar-refractivity contribution in [2.75, 3.05) is 13.1 Å². The fourth-order valence-corrected chi connectivity index (χ4v) is 4.01. The summed E-state index contributed by atoms with van der Waals surface area (Å²) in [6.45, 7) is 8.17. The number of hydrogen-bond acceptors (Lipinski definition) is 4. The Balaban J connectivity index is 1.65. The summed E-state index contributed by atoms with van der Waals surface area (Å²) in [5.41, 5.74) is 2.68. The predicted octanol–water partition coefficient (Wildman–Crippen LogP) is 3.50. The number of hydrogen-bond donors (Lipinski definition) is 2. The van der Waals surface area contributed by atoms with E-state index in [1.54, 1.807) is 44.7 Å². The van der Waals surface area contributed by atoms with Crippen LogP contribution in [0.4, 0.5) is 4.39 Å². The van der Waals surface area contributed by atoms with E-state index in [0.29, 0.717) is 55.0 Å². The molecule has 1 fully saturated rings. The fraction of sp³-hybridized carbons (Fsp3) is 0.458. The van der Waals surface area contributed by atoms with Crippen molar-refractivity contribution in [3.63, 3.8) is 0 Å². The van der Waals surface area contributed by atoms with Crippen molar-refractivity contribution in [3.05, 3.63) is 58.2 Å². The third-order valence-corrected chi connectivity index (χ3v) is 5.66. The van der Waals surface area contributed by atoms with Crippen LogP contribution in [0.25, 0.3) is 0 Å². The van der Waals surface area contributed by atoms with Crippen LogP contribution in [0.5, 0.6) is 0 Å². The molecule has 2 heterocycles. The number of aryl methyl sites for hydroxylation is 1. The first kappa shape index (κ1) is 23.5. The van der Waals surface area contributed by atoms with E-state index in [-0.39, 0.29) is 29.7 Å². The zero-order chi connectivity index (χ0) is 23.4. The summed E-state index contributed by atoms with van der Waals surface area (Å²) >= 11 is 0. The maximum atomic E-state index is 13.2. The number of nitrogens with zero attached hydrogens (tertiary/aromatic N) is 1. The molecule has 2 N–H and O–H groups in total. The van der Waals surface area contributed by atoms with Crippen LogP contribution in [0.1, 0.15) is 64.4 Å². The molecule has 2 aromatic rings. The van der Waals surface area contributed by atoms with Crippen LogP contribution in [0, 0.1) is 25.6 Å². The first-order valence-electron chi connectivity index (χ1n) is 10.9. The monoisotopic (exact) mass is 443 g/mol. The number of carbonyl (C=O) groups is 3. The van der Waals surface area contributed by atoms with Crippen LogP contribution in [0.3, 0.4) is 0 Å². The average Bonchev–Trinajstić information content (AvgIpc) is 3.06. The Hall–Kier alpha value is -3.16. The molecule has 1 saturated heterocycles. The molecule has 0 spiro atoms. The number of amides is 2. The molecule has 0 radical (unpaired) electrons. The van der Waals surface area contributed by atoms with E-state index in [1.165, 1.54) is 12.1 Å². The second kappa shape index (κ2) is 9.97. The summed E-state index contributed by atoms with van der Waals surface area (Å²) in [5.74, 6) is -1.47. The number of nitrogens with one attached hydrogen (secondary N) is 2. The van der Waals surface area contributed by atoms with Gasteiger partial charge in [0, 0.05) is 25.3 Å². The Kier molecular flexibility index (Phi) is 7.33. The summed E-state index contributed by atoms with van der Waals surface area (Å²) in [4.78, 5) is 43.0. The smallest absolute Gasteiger partial charge is 0.340 e. The van der Waals surface area contributed by atoms with Crippen molar-refractivity contribution in [3.8, 4) is 0 Å². The number of rotatable bonds is 6. The lowest BCUT2D eigenvalue weighted by molar-refractivity contribution is -0.126. The van der Waals surface area contributed by atoms with Crippen molar-refractivity contribution >= 4 is 17.8 Å². The normalized spacial score (nSPS) is 16.2. The highest BCUT2D eigenvalue weighted by atomic mass is 19.1. The van der Waals surface area contributed by atoms with E-state index in [1.807, 2.05) is 0 Å². The third kappa shape index (κ3) is 5.36. The summed E-state index contributed by atoms with van der Waals surface area (Å²) < 4.78 is 18.3. The molecule has 172 valence electrons. The number of H-pyrrole nitrogens is 1.